The molecule has 5 N–H and O–H groups in total. The van der Waals surface area contributed by atoms with E-state index in [0.29, 0.717) is 18.7 Å². The van der Waals surface area contributed by atoms with Gasteiger partial charge in [-0.2, -0.15) is 0 Å². The van der Waals surface area contributed by atoms with E-state index in [0.717, 1.165) is 10.2 Å². The third-order valence-corrected chi connectivity index (χ3v) is 3.52. The van der Waals surface area contributed by atoms with Crippen molar-refractivity contribution in [3.05, 3.63) is 28.2 Å². The fraction of sp³-hybridized carbons (Fsp3) is 0.364. The number of aliphatic hydroxyl groups excluding tert-OH is 2. The largest absolute Gasteiger partial charge is 0.389 e. The summed E-state index contributed by atoms with van der Waals surface area (Å²) in [5.74, 6) is 0.00455. The third-order valence-electron chi connectivity index (χ3n) is 2.87. The van der Waals surface area contributed by atoms with Crippen LogP contribution in [0.15, 0.2) is 22.7 Å². The zero-order chi connectivity index (χ0) is 12.6. The molecule has 5 nitrogen and oxygen atoms in total. The molecule has 0 amide bonds. The molecule has 1 fully saturated rings. The number of hydrogen-bond acceptors (Lipinski definition) is 4. The zero-order valence-corrected chi connectivity index (χ0v) is 10.7. The van der Waals surface area contributed by atoms with Gasteiger partial charge in [0.05, 0.1) is 12.2 Å². The quantitative estimate of drug-likeness (QED) is 0.466. The Hall–Kier alpha value is -1.11. The normalized spacial score (nSPS) is 24.1. The summed E-state index contributed by atoms with van der Waals surface area (Å²) in [6.07, 6.45) is -1.41. The number of anilines is 1. The Kier molecular flexibility index (Phi) is 3.37. The highest BCUT2D eigenvalue weighted by Gasteiger charge is 2.29. The summed E-state index contributed by atoms with van der Waals surface area (Å²) in [6.45, 7) is 0.819. The summed E-state index contributed by atoms with van der Waals surface area (Å²) in [7, 11) is 0. The van der Waals surface area contributed by atoms with Crippen LogP contribution in [0.1, 0.15) is 5.56 Å². The molecular formula is C11H14BrN3O2. The smallest absolute Gasteiger partial charge is 0.123 e. The Bertz CT molecular complexity index is 442. The maximum Gasteiger partial charge on any atom is 0.123 e. The lowest BCUT2D eigenvalue weighted by Gasteiger charge is -2.18. The molecule has 0 saturated carbocycles. The molecule has 1 aliphatic heterocycles. The first kappa shape index (κ1) is 12.3. The van der Waals surface area contributed by atoms with E-state index >= 15 is 0 Å². The average molecular weight is 300 g/mol. The summed E-state index contributed by atoms with van der Waals surface area (Å²) in [5.41, 5.74) is 6.94. The number of halogens is 1. The molecular weight excluding hydrogens is 286 g/mol. The summed E-state index contributed by atoms with van der Waals surface area (Å²) >= 11 is 3.35. The van der Waals surface area contributed by atoms with E-state index in [1.54, 1.807) is 6.07 Å². The SMILES string of the molecule is N=C(N)c1ccc(N2CC(O)C(O)C2)cc1Br. The minimum atomic E-state index is -0.707. The van der Waals surface area contributed by atoms with Gasteiger partial charge < -0.3 is 20.8 Å². The maximum absolute atomic E-state index is 9.48. The number of aliphatic hydroxyl groups is 2. The van der Waals surface area contributed by atoms with Gasteiger partial charge in [-0.05, 0) is 34.1 Å². The second-order valence-corrected chi connectivity index (χ2v) is 4.97. The second-order valence-electron chi connectivity index (χ2n) is 4.12. The van der Waals surface area contributed by atoms with Crippen LogP contribution in [-0.4, -0.2) is 41.3 Å². The fourth-order valence-electron chi connectivity index (χ4n) is 1.90. The van der Waals surface area contributed by atoms with Crippen molar-refractivity contribution in [1.29, 1.82) is 5.41 Å². The van der Waals surface area contributed by atoms with Crippen molar-refractivity contribution >= 4 is 27.5 Å². The van der Waals surface area contributed by atoms with E-state index < -0.39 is 12.2 Å². The average Bonchev–Trinajstić information content (AvgIpc) is 2.58. The van der Waals surface area contributed by atoms with Crippen molar-refractivity contribution < 1.29 is 10.2 Å². The van der Waals surface area contributed by atoms with Gasteiger partial charge in [0.1, 0.15) is 5.84 Å². The van der Waals surface area contributed by atoms with Gasteiger partial charge in [0, 0.05) is 28.8 Å². The number of nitrogen functional groups attached to an aromatic ring is 1. The molecule has 1 heterocycles. The van der Waals surface area contributed by atoms with Gasteiger partial charge in [-0.3, -0.25) is 5.41 Å². The highest BCUT2D eigenvalue weighted by Crippen LogP contribution is 2.26. The lowest BCUT2D eigenvalue weighted by Crippen LogP contribution is -2.22. The monoisotopic (exact) mass is 299 g/mol. The predicted molar refractivity (Wildman–Crippen MR) is 69.4 cm³/mol. The van der Waals surface area contributed by atoms with Gasteiger partial charge >= 0.3 is 0 Å². The standard InChI is InChI=1S/C11H14BrN3O2/c12-8-3-6(1-2-7(8)11(13)14)15-4-9(16)10(17)5-15/h1-3,9-10,16-17H,4-5H2,(H3,13,14). The molecule has 6 heteroatoms. The number of benzene rings is 1. The van der Waals surface area contributed by atoms with E-state index in [9.17, 15) is 10.2 Å². The van der Waals surface area contributed by atoms with Gasteiger partial charge in [0.25, 0.3) is 0 Å². The molecule has 2 rings (SSSR count). The number of nitrogens with zero attached hydrogens (tertiary/aromatic N) is 1. The van der Waals surface area contributed by atoms with E-state index in [1.807, 2.05) is 17.0 Å². The fourth-order valence-corrected chi connectivity index (χ4v) is 2.48. The van der Waals surface area contributed by atoms with E-state index in [2.05, 4.69) is 15.9 Å². The number of β-amino-alcohol motifs (C(OH)–C–C–N with tert-alkyl or cyclic N) is 2. The van der Waals surface area contributed by atoms with Gasteiger partial charge in [-0.15, -0.1) is 0 Å². The molecule has 1 aromatic rings. The Morgan fingerprint density at radius 1 is 1.35 bits per heavy atom. The number of nitrogens with two attached hydrogens (primary N) is 1. The topological polar surface area (TPSA) is 93.6 Å². The Morgan fingerprint density at radius 3 is 2.41 bits per heavy atom. The van der Waals surface area contributed by atoms with Crippen LogP contribution in [0.25, 0.3) is 0 Å². The van der Waals surface area contributed by atoms with Crippen molar-refractivity contribution in [1.82, 2.24) is 0 Å². The molecule has 0 radical (unpaired) electrons. The molecule has 0 bridgehead atoms. The molecule has 0 aromatic heterocycles. The molecule has 17 heavy (non-hydrogen) atoms. The van der Waals surface area contributed by atoms with Crippen LogP contribution < -0.4 is 10.6 Å². The van der Waals surface area contributed by atoms with E-state index in [-0.39, 0.29) is 5.84 Å². The summed E-state index contributed by atoms with van der Waals surface area (Å²) in [6, 6.07) is 5.41. The Balaban J connectivity index is 2.24. The van der Waals surface area contributed by atoms with Crippen LogP contribution in [0.5, 0.6) is 0 Å². The minimum absolute atomic E-state index is 0.00455. The molecule has 1 saturated heterocycles. The van der Waals surface area contributed by atoms with Gasteiger partial charge in [-0.25, -0.2) is 0 Å². The molecule has 92 valence electrons. The predicted octanol–water partition coefficient (Wildman–Crippen LogP) is 0.275. The Labute approximate surface area is 107 Å². The summed E-state index contributed by atoms with van der Waals surface area (Å²) in [5, 5.41) is 26.3. The molecule has 2 unspecified atom stereocenters. The third kappa shape index (κ3) is 2.43. The van der Waals surface area contributed by atoms with Gasteiger partial charge in [0.15, 0.2) is 0 Å². The van der Waals surface area contributed by atoms with Crippen molar-refractivity contribution in [2.45, 2.75) is 12.2 Å². The van der Waals surface area contributed by atoms with Crippen LogP contribution in [0, 0.1) is 5.41 Å². The van der Waals surface area contributed by atoms with E-state index in [1.165, 1.54) is 0 Å². The van der Waals surface area contributed by atoms with Gasteiger partial charge in [0.2, 0.25) is 0 Å². The highest BCUT2D eigenvalue weighted by molar-refractivity contribution is 9.10. The van der Waals surface area contributed by atoms with Crippen molar-refractivity contribution in [2.24, 2.45) is 5.73 Å². The molecule has 0 spiro atoms. The van der Waals surface area contributed by atoms with Crippen LogP contribution in [-0.2, 0) is 0 Å². The Morgan fingerprint density at radius 2 is 1.94 bits per heavy atom. The first-order chi connectivity index (χ1) is 7.99. The van der Waals surface area contributed by atoms with Crippen LogP contribution in [0.2, 0.25) is 0 Å². The molecule has 1 aliphatic rings. The molecule has 0 aliphatic carbocycles. The van der Waals surface area contributed by atoms with E-state index in [4.69, 9.17) is 11.1 Å². The number of rotatable bonds is 2. The van der Waals surface area contributed by atoms with Crippen molar-refractivity contribution in [3.63, 3.8) is 0 Å². The lowest BCUT2D eigenvalue weighted by molar-refractivity contribution is 0.0572. The van der Waals surface area contributed by atoms with Crippen LogP contribution in [0.3, 0.4) is 0 Å². The van der Waals surface area contributed by atoms with Crippen LogP contribution >= 0.6 is 15.9 Å². The minimum Gasteiger partial charge on any atom is -0.389 e. The summed E-state index contributed by atoms with van der Waals surface area (Å²) in [4.78, 5) is 1.89. The number of amidine groups is 1. The molecule has 1 aromatic carbocycles. The number of nitrogens with one attached hydrogen (secondary N) is 1. The lowest BCUT2D eigenvalue weighted by atomic mass is 10.2. The number of hydrogen-bond donors (Lipinski definition) is 4. The highest BCUT2D eigenvalue weighted by atomic mass is 79.9. The second kappa shape index (κ2) is 4.64. The van der Waals surface area contributed by atoms with Crippen molar-refractivity contribution in [2.75, 3.05) is 18.0 Å². The first-order valence-electron chi connectivity index (χ1n) is 5.24. The summed E-state index contributed by atoms with van der Waals surface area (Å²) < 4.78 is 0.735. The van der Waals surface area contributed by atoms with Crippen LogP contribution in [0.4, 0.5) is 5.69 Å². The first-order valence-corrected chi connectivity index (χ1v) is 6.03. The van der Waals surface area contributed by atoms with Gasteiger partial charge in [-0.1, -0.05) is 0 Å². The molecule has 2 atom stereocenters. The zero-order valence-electron chi connectivity index (χ0n) is 9.10. The van der Waals surface area contributed by atoms with Crippen molar-refractivity contribution in [3.8, 4) is 0 Å². The maximum atomic E-state index is 9.48.